The van der Waals surface area contributed by atoms with Crippen molar-refractivity contribution in [2.45, 2.75) is 105 Å². The zero-order chi connectivity index (χ0) is 16.8. The monoisotopic (exact) mass is 310 g/mol. The van der Waals surface area contributed by atoms with Gasteiger partial charge in [-0.1, -0.05) is 66.2 Å². The van der Waals surface area contributed by atoms with Crippen molar-refractivity contribution < 1.29 is 9.59 Å². The zero-order valence-corrected chi connectivity index (χ0v) is 15.5. The second-order valence-electron chi connectivity index (χ2n) is 7.42. The van der Waals surface area contributed by atoms with Crippen LogP contribution in [0.1, 0.15) is 105 Å². The second-order valence-corrected chi connectivity index (χ2v) is 7.42. The first kappa shape index (κ1) is 21.3. The van der Waals surface area contributed by atoms with Gasteiger partial charge in [-0.25, -0.2) is 0 Å². The van der Waals surface area contributed by atoms with E-state index in [1.165, 1.54) is 38.5 Å². The molecule has 2 nitrogen and oxygen atoms in total. The van der Waals surface area contributed by atoms with E-state index in [9.17, 15) is 9.59 Å². The van der Waals surface area contributed by atoms with Gasteiger partial charge >= 0.3 is 0 Å². The fraction of sp³-hybridized carbons (Fsp3) is 0.900. The van der Waals surface area contributed by atoms with Gasteiger partial charge in [0.25, 0.3) is 0 Å². The molecule has 22 heavy (non-hydrogen) atoms. The van der Waals surface area contributed by atoms with Gasteiger partial charge in [-0.15, -0.1) is 0 Å². The molecular weight excluding hydrogens is 272 g/mol. The number of hydrogen-bond donors (Lipinski definition) is 0. The van der Waals surface area contributed by atoms with Crippen LogP contribution in [0.2, 0.25) is 0 Å². The highest BCUT2D eigenvalue weighted by molar-refractivity contribution is 5.80. The molecular formula is C20H38O2. The summed E-state index contributed by atoms with van der Waals surface area (Å²) in [5.74, 6) is 1.69. The van der Waals surface area contributed by atoms with E-state index in [4.69, 9.17) is 0 Å². The number of rotatable bonds is 15. The molecule has 0 rings (SSSR count). The lowest BCUT2D eigenvalue weighted by molar-refractivity contribution is -0.122. The quantitative estimate of drug-likeness (QED) is 0.341. The van der Waals surface area contributed by atoms with Crippen LogP contribution in [0.25, 0.3) is 0 Å². The number of carbonyl (C=O) groups is 2. The number of Topliss-reactive ketones (excluding diaryl/α,β-unsaturated/α-hetero) is 2. The first-order valence-electron chi connectivity index (χ1n) is 9.48. The van der Waals surface area contributed by atoms with Crippen LogP contribution in [-0.2, 0) is 9.59 Å². The minimum atomic E-state index is 0.197. The van der Waals surface area contributed by atoms with Crippen LogP contribution in [0.15, 0.2) is 0 Å². The van der Waals surface area contributed by atoms with Gasteiger partial charge in [-0.05, 0) is 25.2 Å². The maximum Gasteiger partial charge on any atom is 0.135 e. The van der Waals surface area contributed by atoms with Crippen molar-refractivity contribution in [3.05, 3.63) is 0 Å². The first-order valence-corrected chi connectivity index (χ1v) is 9.48. The summed E-state index contributed by atoms with van der Waals surface area (Å²) in [5, 5.41) is 0. The minimum absolute atomic E-state index is 0.197. The molecule has 0 aromatic rings. The maximum atomic E-state index is 11.6. The molecule has 0 amide bonds. The lowest BCUT2D eigenvalue weighted by Crippen LogP contribution is -2.05. The molecule has 0 aliphatic rings. The third-order valence-corrected chi connectivity index (χ3v) is 4.27. The Morgan fingerprint density at radius 3 is 1.55 bits per heavy atom. The van der Waals surface area contributed by atoms with Crippen molar-refractivity contribution in [1.82, 2.24) is 0 Å². The predicted molar refractivity (Wildman–Crippen MR) is 95.1 cm³/mol. The molecule has 0 N–H and O–H groups in total. The number of hydrogen-bond acceptors (Lipinski definition) is 2. The number of unbranched alkanes of at least 4 members (excludes halogenated alkanes) is 7. The lowest BCUT2D eigenvalue weighted by Gasteiger charge is -2.05. The van der Waals surface area contributed by atoms with Gasteiger partial charge in [0.2, 0.25) is 0 Å². The Kier molecular flexibility index (Phi) is 13.5. The Morgan fingerprint density at radius 1 is 0.636 bits per heavy atom. The van der Waals surface area contributed by atoms with Crippen molar-refractivity contribution in [3.8, 4) is 0 Å². The van der Waals surface area contributed by atoms with Gasteiger partial charge in [-0.2, -0.15) is 0 Å². The topological polar surface area (TPSA) is 34.1 Å². The van der Waals surface area contributed by atoms with E-state index in [1.54, 1.807) is 0 Å². The fourth-order valence-corrected chi connectivity index (χ4v) is 2.55. The molecule has 0 atom stereocenters. The van der Waals surface area contributed by atoms with Crippen LogP contribution in [0.5, 0.6) is 0 Å². The van der Waals surface area contributed by atoms with E-state index in [0.717, 1.165) is 38.5 Å². The van der Waals surface area contributed by atoms with E-state index in [0.29, 0.717) is 17.5 Å². The molecule has 0 radical (unpaired) electrons. The molecule has 0 bridgehead atoms. The molecule has 0 saturated carbocycles. The van der Waals surface area contributed by atoms with Gasteiger partial charge < -0.3 is 0 Å². The highest BCUT2D eigenvalue weighted by atomic mass is 16.1. The third kappa shape index (κ3) is 14.3. The zero-order valence-electron chi connectivity index (χ0n) is 15.5. The van der Waals surface area contributed by atoms with E-state index < -0.39 is 0 Å². The normalized spacial score (nSPS) is 11.4. The minimum Gasteiger partial charge on any atom is -0.300 e. The summed E-state index contributed by atoms with van der Waals surface area (Å²) in [4.78, 5) is 23.1. The summed E-state index contributed by atoms with van der Waals surface area (Å²) in [7, 11) is 0. The molecule has 0 aliphatic heterocycles. The van der Waals surface area contributed by atoms with E-state index in [1.807, 2.05) is 13.8 Å². The van der Waals surface area contributed by atoms with Gasteiger partial charge in [0.15, 0.2) is 0 Å². The van der Waals surface area contributed by atoms with Gasteiger partial charge in [0.05, 0.1) is 0 Å². The Balaban J connectivity index is 3.24. The van der Waals surface area contributed by atoms with Crippen LogP contribution in [0.4, 0.5) is 0 Å². The average Bonchev–Trinajstić information content (AvgIpc) is 2.46. The standard InChI is InChI=1S/C20H38O2/c1-17(2)15-16-19(21)13-11-9-7-5-6-8-10-12-14-20(22)18(3)4/h17-18H,5-16H2,1-4H3. The van der Waals surface area contributed by atoms with Crippen LogP contribution >= 0.6 is 0 Å². The smallest absolute Gasteiger partial charge is 0.135 e. The summed E-state index contributed by atoms with van der Waals surface area (Å²) in [6, 6.07) is 0. The first-order chi connectivity index (χ1) is 10.4. The Morgan fingerprint density at radius 2 is 1.09 bits per heavy atom. The van der Waals surface area contributed by atoms with Gasteiger partial charge in [0, 0.05) is 25.2 Å². The van der Waals surface area contributed by atoms with E-state index >= 15 is 0 Å². The average molecular weight is 311 g/mol. The molecule has 0 aromatic heterocycles. The molecule has 130 valence electrons. The van der Waals surface area contributed by atoms with Crippen LogP contribution in [0.3, 0.4) is 0 Å². The highest BCUT2D eigenvalue weighted by Gasteiger charge is 2.06. The Bertz CT molecular complexity index is 292. The predicted octanol–water partition coefficient (Wildman–Crippen LogP) is 6.12. The summed E-state index contributed by atoms with van der Waals surface area (Å²) >= 11 is 0. The van der Waals surface area contributed by atoms with Crippen LogP contribution in [0, 0.1) is 11.8 Å². The van der Waals surface area contributed by atoms with Crippen LogP contribution < -0.4 is 0 Å². The van der Waals surface area contributed by atoms with Gasteiger partial charge in [-0.3, -0.25) is 9.59 Å². The summed E-state index contributed by atoms with van der Waals surface area (Å²) in [6.07, 6.45) is 12.9. The molecule has 0 saturated heterocycles. The third-order valence-electron chi connectivity index (χ3n) is 4.27. The summed E-state index contributed by atoms with van der Waals surface area (Å²) in [6.45, 7) is 8.31. The largest absolute Gasteiger partial charge is 0.300 e. The van der Waals surface area contributed by atoms with Crippen LogP contribution in [-0.4, -0.2) is 11.6 Å². The summed E-state index contributed by atoms with van der Waals surface area (Å²) in [5.41, 5.74) is 0. The molecule has 0 aromatic carbocycles. The molecule has 0 unspecified atom stereocenters. The van der Waals surface area contributed by atoms with E-state index in [2.05, 4.69) is 13.8 Å². The SMILES string of the molecule is CC(C)CCC(=O)CCCCCCCCCCC(=O)C(C)C. The van der Waals surface area contributed by atoms with Crippen molar-refractivity contribution in [2.75, 3.05) is 0 Å². The second kappa shape index (κ2) is 14.0. The lowest BCUT2D eigenvalue weighted by atomic mass is 10.0. The Labute approximate surface area is 138 Å². The molecule has 0 spiro atoms. The molecule has 2 heteroatoms. The number of carbonyl (C=O) groups excluding carboxylic acids is 2. The van der Waals surface area contributed by atoms with E-state index in [-0.39, 0.29) is 5.92 Å². The van der Waals surface area contributed by atoms with Crippen molar-refractivity contribution in [3.63, 3.8) is 0 Å². The number of ketones is 2. The molecule has 0 fully saturated rings. The van der Waals surface area contributed by atoms with Crippen molar-refractivity contribution >= 4 is 11.6 Å². The Hall–Kier alpha value is -0.660. The molecule has 0 aliphatic carbocycles. The van der Waals surface area contributed by atoms with Gasteiger partial charge in [0.1, 0.15) is 11.6 Å². The van der Waals surface area contributed by atoms with Crippen molar-refractivity contribution in [2.24, 2.45) is 11.8 Å². The maximum absolute atomic E-state index is 11.6. The molecule has 0 heterocycles. The highest BCUT2D eigenvalue weighted by Crippen LogP contribution is 2.13. The van der Waals surface area contributed by atoms with Crippen molar-refractivity contribution in [1.29, 1.82) is 0 Å². The summed E-state index contributed by atoms with van der Waals surface area (Å²) < 4.78 is 0. The fourth-order valence-electron chi connectivity index (χ4n) is 2.55.